The van der Waals surface area contributed by atoms with Gasteiger partial charge in [0.2, 0.25) is 0 Å². The molecule has 7 heteroatoms. The molecule has 0 saturated carbocycles. The molecule has 23 heavy (non-hydrogen) atoms. The SMILES string of the molecule is CCc1cccc(C)c1NS(=O)(=O)c1ccc2[nH]c(=O)oc2c1. The number of para-hydroxylation sites is 1. The number of benzene rings is 2. The Bertz CT molecular complexity index is 1030. The van der Waals surface area contributed by atoms with Crippen molar-refractivity contribution in [3.63, 3.8) is 0 Å². The van der Waals surface area contributed by atoms with Crippen molar-refractivity contribution in [2.45, 2.75) is 25.2 Å². The highest BCUT2D eigenvalue weighted by molar-refractivity contribution is 7.92. The van der Waals surface area contributed by atoms with E-state index >= 15 is 0 Å². The maximum absolute atomic E-state index is 12.6. The fourth-order valence-electron chi connectivity index (χ4n) is 2.46. The number of rotatable bonds is 4. The summed E-state index contributed by atoms with van der Waals surface area (Å²) in [4.78, 5) is 13.7. The Morgan fingerprint density at radius 3 is 2.74 bits per heavy atom. The summed E-state index contributed by atoms with van der Waals surface area (Å²) in [6.07, 6.45) is 0.714. The van der Waals surface area contributed by atoms with Gasteiger partial charge in [0, 0.05) is 6.07 Å². The average molecular weight is 332 g/mol. The molecule has 2 aromatic carbocycles. The number of aryl methyl sites for hydroxylation is 2. The Kier molecular flexibility index (Phi) is 3.73. The monoisotopic (exact) mass is 332 g/mol. The zero-order valence-electron chi connectivity index (χ0n) is 12.7. The first-order chi connectivity index (χ1) is 10.9. The normalized spacial score (nSPS) is 11.7. The van der Waals surface area contributed by atoms with Crippen molar-refractivity contribution in [1.82, 2.24) is 4.98 Å². The van der Waals surface area contributed by atoms with Gasteiger partial charge < -0.3 is 4.42 Å². The standard InChI is InChI=1S/C16H16N2O4S/c1-3-11-6-4-5-10(2)15(11)18-23(20,21)12-7-8-13-14(9-12)22-16(19)17-13/h4-9,18H,3H2,1-2H3,(H,17,19). The molecule has 120 valence electrons. The molecule has 0 amide bonds. The molecule has 6 nitrogen and oxygen atoms in total. The number of nitrogens with one attached hydrogen (secondary N) is 2. The van der Waals surface area contributed by atoms with E-state index in [4.69, 9.17) is 4.42 Å². The van der Waals surface area contributed by atoms with E-state index in [2.05, 4.69) is 9.71 Å². The van der Waals surface area contributed by atoms with Crippen LogP contribution in [-0.4, -0.2) is 13.4 Å². The summed E-state index contributed by atoms with van der Waals surface area (Å²) in [5.41, 5.74) is 3.02. The van der Waals surface area contributed by atoms with Gasteiger partial charge in [0.1, 0.15) is 0 Å². The van der Waals surface area contributed by atoms with Gasteiger partial charge in [-0.3, -0.25) is 9.71 Å². The maximum atomic E-state index is 12.6. The van der Waals surface area contributed by atoms with Crippen molar-refractivity contribution < 1.29 is 12.8 Å². The first-order valence-corrected chi connectivity index (χ1v) is 8.63. The molecule has 0 saturated heterocycles. The summed E-state index contributed by atoms with van der Waals surface area (Å²) in [7, 11) is -3.78. The summed E-state index contributed by atoms with van der Waals surface area (Å²) in [6.45, 7) is 3.82. The van der Waals surface area contributed by atoms with Crippen LogP contribution in [0.5, 0.6) is 0 Å². The predicted octanol–water partition coefficient (Wildman–Crippen LogP) is 2.79. The highest BCUT2D eigenvalue weighted by Gasteiger charge is 2.18. The maximum Gasteiger partial charge on any atom is 0.417 e. The third-order valence-electron chi connectivity index (χ3n) is 3.68. The van der Waals surface area contributed by atoms with Crippen LogP contribution in [0, 0.1) is 6.92 Å². The molecule has 0 unspecified atom stereocenters. The number of anilines is 1. The summed E-state index contributed by atoms with van der Waals surface area (Å²) in [6, 6.07) is 9.91. The van der Waals surface area contributed by atoms with Gasteiger partial charge in [0.15, 0.2) is 5.58 Å². The van der Waals surface area contributed by atoms with Crippen molar-refractivity contribution in [3.05, 3.63) is 58.1 Å². The smallest absolute Gasteiger partial charge is 0.408 e. The van der Waals surface area contributed by atoms with Gasteiger partial charge in [-0.15, -0.1) is 0 Å². The Morgan fingerprint density at radius 1 is 1.22 bits per heavy atom. The van der Waals surface area contributed by atoms with Crippen molar-refractivity contribution in [2.24, 2.45) is 0 Å². The van der Waals surface area contributed by atoms with Crippen LogP contribution in [0.4, 0.5) is 5.69 Å². The van der Waals surface area contributed by atoms with Gasteiger partial charge in [-0.2, -0.15) is 0 Å². The number of aromatic amines is 1. The lowest BCUT2D eigenvalue weighted by atomic mass is 10.1. The number of hydrogen-bond donors (Lipinski definition) is 2. The van der Waals surface area contributed by atoms with Crippen LogP contribution in [0.15, 0.2) is 50.5 Å². The minimum atomic E-state index is -3.78. The van der Waals surface area contributed by atoms with Crippen molar-refractivity contribution in [1.29, 1.82) is 0 Å². The van der Waals surface area contributed by atoms with Gasteiger partial charge >= 0.3 is 5.76 Å². The minimum Gasteiger partial charge on any atom is -0.408 e. The van der Waals surface area contributed by atoms with Gasteiger partial charge in [-0.05, 0) is 36.6 Å². The quantitative estimate of drug-likeness (QED) is 0.768. The number of fused-ring (bicyclic) bond motifs is 1. The molecule has 0 atom stereocenters. The summed E-state index contributed by atoms with van der Waals surface area (Å²) < 4.78 is 32.8. The van der Waals surface area contributed by atoms with Crippen molar-refractivity contribution >= 4 is 26.8 Å². The Labute approximate surface area is 133 Å². The van der Waals surface area contributed by atoms with Crippen LogP contribution in [0.1, 0.15) is 18.1 Å². The molecule has 3 rings (SSSR count). The van der Waals surface area contributed by atoms with Crippen LogP contribution in [0.2, 0.25) is 0 Å². The lowest BCUT2D eigenvalue weighted by Gasteiger charge is -2.14. The highest BCUT2D eigenvalue weighted by atomic mass is 32.2. The van der Waals surface area contributed by atoms with Crippen LogP contribution in [-0.2, 0) is 16.4 Å². The molecular formula is C16H16N2O4S. The fraction of sp³-hybridized carbons (Fsp3) is 0.188. The number of sulfonamides is 1. The van der Waals surface area contributed by atoms with Crippen LogP contribution < -0.4 is 10.5 Å². The number of H-pyrrole nitrogens is 1. The van der Waals surface area contributed by atoms with Crippen LogP contribution in [0.3, 0.4) is 0 Å². The second kappa shape index (κ2) is 5.58. The first kappa shape index (κ1) is 15.4. The lowest BCUT2D eigenvalue weighted by molar-refractivity contribution is 0.554. The summed E-state index contributed by atoms with van der Waals surface area (Å²) in [5, 5.41) is 0. The van der Waals surface area contributed by atoms with E-state index in [1.165, 1.54) is 18.2 Å². The topological polar surface area (TPSA) is 92.2 Å². The molecule has 0 fully saturated rings. The number of hydrogen-bond acceptors (Lipinski definition) is 4. The largest absolute Gasteiger partial charge is 0.417 e. The van der Waals surface area contributed by atoms with Crippen molar-refractivity contribution in [3.8, 4) is 0 Å². The van der Waals surface area contributed by atoms with E-state index in [0.717, 1.165) is 11.1 Å². The number of oxazole rings is 1. The van der Waals surface area contributed by atoms with Gasteiger partial charge in [0.05, 0.1) is 16.1 Å². The van der Waals surface area contributed by atoms with Gasteiger partial charge in [-0.1, -0.05) is 25.1 Å². The van der Waals surface area contributed by atoms with Gasteiger partial charge in [0.25, 0.3) is 10.0 Å². The molecular weight excluding hydrogens is 316 g/mol. The Balaban J connectivity index is 2.05. The second-order valence-corrected chi connectivity index (χ2v) is 6.92. The van der Waals surface area contributed by atoms with E-state index in [1.807, 2.05) is 32.0 Å². The van der Waals surface area contributed by atoms with Crippen LogP contribution in [0.25, 0.3) is 11.1 Å². The molecule has 0 aliphatic rings. The van der Waals surface area contributed by atoms with Crippen molar-refractivity contribution in [2.75, 3.05) is 4.72 Å². The highest BCUT2D eigenvalue weighted by Crippen LogP contribution is 2.25. The van der Waals surface area contributed by atoms with Gasteiger partial charge in [-0.25, -0.2) is 13.2 Å². The molecule has 0 radical (unpaired) electrons. The van der Waals surface area contributed by atoms with E-state index in [0.29, 0.717) is 17.6 Å². The molecule has 1 aromatic heterocycles. The van der Waals surface area contributed by atoms with Crippen LogP contribution >= 0.6 is 0 Å². The first-order valence-electron chi connectivity index (χ1n) is 7.15. The summed E-state index contributed by atoms with van der Waals surface area (Å²) in [5.74, 6) is -0.616. The third-order valence-corrected chi connectivity index (χ3v) is 5.03. The zero-order chi connectivity index (χ0) is 16.6. The molecule has 3 aromatic rings. The third kappa shape index (κ3) is 2.87. The number of aromatic nitrogens is 1. The molecule has 1 heterocycles. The Hall–Kier alpha value is -2.54. The predicted molar refractivity (Wildman–Crippen MR) is 88.2 cm³/mol. The molecule has 2 N–H and O–H groups in total. The average Bonchev–Trinajstić information content (AvgIpc) is 2.88. The molecule has 0 bridgehead atoms. The second-order valence-electron chi connectivity index (χ2n) is 5.24. The fourth-order valence-corrected chi connectivity index (χ4v) is 3.64. The van der Waals surface area contributed by atoms with E-state index in [-0.39, 0.29) is 10.5 Å². The van der Waals surface area contributed by atoms with E-state index < -0.39 is 15.8 Å². The minimum absolute atomic E-state index is 0.0399. The molecule has 0 spiro atoms. The van der Waals surface area contributed by atoms with E-state index in [9.17, 15) is 13.2 Å². The molecule has 0 aliphatic carbocycles. The van der Waals surface area contributed by atoms with E-state index in [1.54, 1.807) is 0 Å². The summed E-state index contributed by atoms with van der Waals surface area (Å²) >= 11 is 0. The lowest BCUT2D eigenvalue weighted by Crippen LogP contribution is -2.15. The zero-order valence-corrected chi connectivity index (χ0v) is 13.5. The Morgan fingerprint density at radius 2 is 2.00 bits per heavy atom. The molecule has 0 aliphatic heterocycles.